The van der Waals surface area contributed by atoms with Gasteiger partial charge < -0.3 is 10.1 Å². The van der Waals surface area contributed by atoms with Crippen molar-refractivity contribution in [3.8, 4) is 0 Å². The van der Waals surface area contributed by atoms with E-state index in [0.717, 1.165) is 44.8 Å². The molecule has 1 atom stereocenters. The molecular weight excluding hydrogens is 250 g/mol. The van der Waals surface area contributed by atoms with E-state index in [0.29, 0.717) is 12.0 Å². The fourth-order valence-corrected chi connectivity index (χ4v) is 3.34. The molecule has 4 nitrogen and oxygen atoms in total. The number of fused-ring (bicyclic) bond motifs is 1. The molecule has 0 aromatic carbocycles. The third-order valence-electron chi connectivity index (χ3n) is 4.49. The lowest BCUT2D eigenvalue weighted by molar-refractivity contribution is 0.0835. The van der Waals surface area contributed by atoms with Crippen molar-refractivity contribution in [2.75, 3.05) is 19.8 Å². The average molecular weight is 275 g/mol. The lowest BCUT2D eigenvalue weighted by atomic mass is 9.98. The van der Waals surface area contributed by atoms with E-state index < -0.39 is 0 Å². The van der Waals surface area contributed by atoms with Crippen molar-refractivity contribution in [3.05, 3.63) is 23.3 Å². The highest BCUT2D eigenvalue weighted by molar-refractivity contribution is 5.24. The highest BCUT2D eigenvalue weighted by Gasteiger charge is 2.23. The smallest absolute Gasteiger partial charge is 0.131 e. The van der Waals surface area contributed by atoms with Gasteiger partial charge >= 0.3 is 0 Å². The van der Waals surface area contributed by atoms with Gasteiger partial charge in [0.2, 0.25) is 0 Å². The molecule has 0 bridgehead atoms. The molecule has 0 radical (unpaired) electrons. The van der Waals surface area contributed by atoms with E-state index in [9.17, 15) is 0 Å². The van der Waals surface area contributed by atoms with Crippen LogP contribution < -0.4 is 5.32 Å². The van der Waals surface area contributed by atoms with Crippen LogP contribution in [0.4, 0.5) is 0 Å². The van der Waals surface area contributed by atoms with E-state index in [2.05, 4.69) is 23.4 Å². The van der Waals surface area contributed by atoms with Crippen molar-refractivity contribution in [3.63, 3.8) is 0 Å². The van der Waals surface area contributed by atoms with Crippen LogP contribution in [0.1, 0.15) is 68.1 Å². The summed E-state index contributed by atoms with van der Waals surface area (Å²) in [6.45, 7) is 4.88. The molecular formula is C16H25N3O. The highest BCUT2D eigenvalue weighted by atomic mass is 16.5. The van der Waals surface area contributed by atoms with Crippen LogP contribution in [0.3, 0.4) is 0 Å². The van der Waals surface area contributed by atoms with Gasteiger partial charge in [0.25, 0.3) is 0 Å². The molecule has 0 amide bonds. The molecule has 4 heteroatoms. The van der Waals surface area contributed by atoms with Crippen LogP contribution in [0.2, 0.25) is 0 Å². The normalized spacial score (nSPS) is 24.1. The quantitative estimate of drug-likeness (QED) is 0.862. The zero-order valence-electron chi connectivity index (χ0n) is 12.4. The maximum Gasteiger partial charge on any atom is 0.131 e. The van der Waals surface area contributed by atoms with Gasteiger partial charge in [0, 0.05) is 42.6 Å². The van der Waals surface area contributed by atoms with Crippen LogP contribution in [0, 0.1) is 0 Å². The SMILES string of the molecule is CCNC1CCCCc2nc(C3CCOCC3)ncc21. The second-order valence-corrected chi connectivity index (χ2v) is 5.87. The Hall–Kier alpha value is -1.00. The van der Waals surface area contributed by atoms with Crippen molar-refractivity contribution in [2.24, 2.45) is 0 Å². The number of aromatic nitrogens is 2. The zero-order valence-corrected chi connectivity index (χ0v) is 12.4. The zero-order chi connectivity index (χ0) is 13.8. The van der Waals surface area contributed by atoms with Crippen molar-refractivity contribution >= 4 is 0 Å². The van der Waals surface area contributed by atoms with E-state index >= 15 is 0 Å². The highest BCUT2D eigenvalue weighted by Crippen LogP contribution is 2.30. The van der Waals surface area contributed by atoms with Gasteiger partial charge in [-0.2, -0.15) is 0 Å². The van der Waals surface area contributed by atoms with Crippen LogP contribution in [0.15, 0.2) is 6.20 Å². The lowest BCUT2D eigenvalue weighted by Crippen LogP contribution is -2.23. The first-order valence-corrected chi connectivity index (χ1v) is 8.05. The Balaban J connectivity index is 1.84. The number of ether oxygens (including phenoxy) is 1. The fraction of sp³-hybridized carbons (Fsp3) is 0.750. The summed E-state index contributed by atoms with van der Waals surface area (Å²) < 4.78 is 5.44. The van der Waals surface area contributed by atoms with Crippen molar-refractivity contribution < 1.29 is 4.74 Å². The molecule has 2 heterocycles. The van der Waals surface area contributed by atoms with Crippen molar-refractivity contribution in [1.29, 1.82) is 0 Å². The van der Waals surface area contributed by atoms with E-state index in [-0.39, 0.29) is 0 Å². The monoisotopic (exact) mass is 275 g/mol. The fourth-order valence-electron chi connectivity index (χ4n) is 3.34. The minimum atomic E-state index is 0.446. The van der Waals surface area contributed by atoms with Gasteiger partial charge in [0.1, 0.15) is 5.82 Å². The molecule has 1 aromatic heterocycles. The van der Waals surface area contributed by atoms with Crippen LogP contribution in [0.25, 0.3) is 0 Å². The number of rotatable bonds is 3. The summed E-state index contributed by atoms with van der Waals surface area (Å²) in [7, 11) is 0. The predicted molar refractivity (Wildman–Crippen MR) is 78.8 cm³/mol. The summed E-state index contributed by atoms with van der Waals surface area (Å²) in [6, 6.07) is 0.446. The molecule has 1 N–H and O–H groups in total. The first-order chi connectivity index (χ1) is 9.88. The van der Waals surface area contributed by atoms with Gasteiger partial charge in [-0.05, 0) is 38.6 Å². The second kappa shape index (κ2) is 6.64. The molecule has 1 aliphatic carbocycles. The lowest BCUT2D eigenvalue weighted by Gasteiger charge is -2.23. The first-order valence-electron chi connectivity index (χ1n) is 8.05. The Kier molecular flexibility index (Phi) is 4.63. The largest absolute Gasteiger partial charge is 0.381 e. The molecule has 0 spiro atoms. The van der Waals surface area contributed by atoms with Crippen molar-refractivity contribution in [1.82, 2.24) is 15.3 Å². The summed E-state index contributed by atoms with van der Waals surface area (Å²) in [5.41, 5.74) is 2.62. The van der Waals surface area contributed by atoms with E-state index in [1.54, 1.807) is 0 Å². The Morgan fingerprint density at radius 3 is 2.90 bits per heavy atom. The number of nitrogens with one attached hydrogen (secondary N) is 1. The van der Waals surface area contributed by atoms with Crippen molar-refractivity contribution in [2.45, 2.75) is 57.4 Å². The molecule has 20 heavy (non-hydrogen) atoms. The number of nitrogens with zero attached hydrogens (tertiary/aromatic N) is 2. The standard InChI is InChI=1S/C16H25N3O/c1-2-17-14-5-3-4-6-15-13(14)11-18-16(19-15)12-7-9-20-10-8-12/h11-12,14,17H,2-10H2,1H3. The second-order valence-electron chi connectivity index (χ2n) is 5.87. The molecule has 1 saturated heterocycles. The number of hydrogen-bond acceptors (Lipinski definition) is 4. The van der Waals surface area contributed by atoms with Gasteiger partial charge in [-0.1, -0.05) is 13.3 Å². The van der Waals surface area contributed by atoms with E-state index in [1.807, 2.05) is 0 Å². The summed E-state index contributed by atoms with van der Waals surface area (Å²) in [5.74, 6) is 1.54. The third-order valence-corrected chi connectivity index (χ3v) is 4.49. The molecule has 1 fully saturated rings. The Morgan fingerprint density at radius 2 is 2.10 bits per heavy atom. The maximum absolute atomic E-state index is 5.44. The van der Waals surface area contributed by atoms with Gasteiger partial charge in [0.05, 0.1) is 0 Å². The van der Waals surface area contributed by atoms with Gasteiger partial charge in [-0.15, -0.1) is 0 Å². The molecule has 0 saturated carbocycles. The van der Waals surface area contributed by atoms with Gasteiger partial charge in [0.15, 0.2) is 0 Å². The Morgan fingerprint density at radius 1 is 1.25 bits per heavy atom. The number of hydrogen-bond donors (Lipinski definition) is 1. The molecule has 1 unspecified atom stereocenters. The minimum absolute atomic E-state index is 0.446. The molecule has 1 aromatic rings. The maximum atomic E-state index is 5.44. The summed E-state index contributed by atoms with van der Waals surface area (Å²) >= 11 is 0. The topological polar surface area (TPSA) is 47.0 Å². The van der Waals surface area contributed by atoms with E-state index in [4.69, 9.17) is 9.72 Å². The third kappa shape index (κ3) is 3.01. The summed E-state index contributed by atoms with van der Waals surface area (Å²) in [4.78, 5) is 9.61. The first kappa shape index (κ1) is 14.0. The summed E-state index contributed by atoms with van der Waals surface area (Å²) in [6.07, 6.45) is 9.06. The van der Waals surface area contributed by atoms with Crippen LogP contribution in [0.5, 0.6) is 0 Å². The van der Waals surface area contributed by atoms with Crippen LogP contribution in [-0.2, 0) is 11.2 Å². The van der Waals surface area contributed by atoms with Gasteiger partial charge in [-0.25, -0.2) is 9.97 Å². The van der Waals surface area contributed by atoms with E-state index in [1.165, 1.54) is 30.5 Å². The molecule has 110 valence electrons. The molecule has 3 rings (SSSR count). The number of aryl methyl sites for hydroxylation is 1. The van der Waals surface area contributed by atoms with Crippen LogP contribution in [-0.4, -0.2) is 29.7 Å². The average Bonchev–Trinajstić information content (AvgIpc) is 2.71. The predicted octanol–water partition coefficient (Wildman–Crippen LogP) is 2.75. The molecule has 1 aliphatic heterocycles. The minimum Gasteiger partial charge on any atom is -0.381 e. The van der Waals surface area contributed by atoms with Crippen LogP contribution >= 0.6 is 0 Å². The van der Waals surface area contributed by atoms with Gasteiger partial charge in [-0.3, -0.25) is 0 Å². The summed E-state index contributed by atoms with van der Waals surface area (Å²) in [5, 5.41) is 3.58. The Labute approximate surface area is 121 Å². The Bertz CT molecular complexity index is 443. The molecule has 2 aliphatic rings.